The number of Topliss-reactive ketones (excluding diaryl/α,β-unsaturated/α-hetero) is 1. The molecule has 0 aliphatic rings. The molecule has 3 heteroatoms. The Balaban J connectivity index is 2.60. The van der Waals surface area contributed by atoms with Crippen molar-refractivity contribution in [1.82, 2.24) is 10.3 Å². The van der Waals surface area contributed by atoms with Crippen molar-refractivity contribution in [2.45, 2.75) is 19.4 Å². The Bertz CT molecular complexity index is 556. The van der Waals surface area contributed by atoms with Gasteiger partial charge in [-0.25, -0.2) is 0 Å². The largest absolute Gasteiger partial charge is 0.308 e. The van der Waals surface area contributed by atoms with Gasteiger partial charge in [-0.05, 0) is 33.0 Å². The van der Waals surface area contributed by atoms with Crippen LogP contribution in [-0.4, -0.2) is 23.4 Å². The maximum Gasteiger partial charge on any atom is 0.182 e. The molecule has 0 spiro atoms. The smallest absolute Gasteiger partial charge is 0.182 e. The van der Waals surface area contributed by atoms with Crippen LogP contribution < -0.4 is 5.32 Å². The van der Waals surface area contributed by atoms with E-state index in [1.165, 1.54) is 0 Å². The van der Waals surface area contributed by atoms with Gasteiger partial charge in [0.2, 0.25) is 0 Å². The summed E-state index contributed by atoms with van der Waals surface area (Å²) in [5.74, 6) is 0.0820. The highest BCUT2D eigenvalue weighted by atomic mass is 16.1. The van der Waals surface area contributed by atoms with Gasteiger partial charge in [0, 0.05) is 17.1 Å². The molecule has 2 aromatic rings. The summed E-state index contributed by atoms with van der Waals surface area (Å²) >= 11 is 0. The first kappa shape index (κ1) is 11.7. The molecule has 0 fully saturated rings. The number of hydrogen-bond donors (Lipinski definition) is 1. The molecule has 3 nitrogen and oxygen atoms in total. The minimum absolute atomic E-state index is 0.0820. The molecule has 88 valence electrons. The zero-order valence-corrected chi connectivity index (χ0v) is 10.3. The Labute approximate surface area is 101 Å². The standard InChI is InChI=1S/C14H16N2O/c1-14(2,15-3)13(17)11-6-4-8-12-10(11)7-5-9-16-12/h4-9,15H,1-3H3. The topological polar surface area (TPSA) is 42.0 Å². The fourth-order valence-corrected chi connectivity index (χ4v) is 1.75. The third-order valence-corrected chi connectivity index (χ3v) is 3.08. The van der Waals surface area contributed by atoms with Crippen molar-refractivity contribution in [3.8, 4) is 0 Å². The van der Waals surface area contributed by atoms with E-state index in [0.717, 1.165) is 16.5 Å². The van der Waals surface area contributed by atoms with E-state index in [-0.39, 0.29) is 5.78 Å². The maximum atomic E-state index is 12.4. The number of pyridine rings is 1. The predicted octanol–water partition coefficient (Wildman–Crippen LogP) is 2.42. The number of nitrogens with zero attached hydrogens (tertiary/aromatic N) is 1. The van der Waals surface area contributed by atoms with Crippen molar-refractivity contribution >= 4 is 16.7 Å². The Morgan fingerprint density at radius 1 is 1.24 bits per heavy atom. The first-order valence-corrected chi connectivity index (χ1v) is 5.64. The molecule has 0 saturated heterocycles. The van der Waals surface area contributed by atoms with Crippen LogP contribution in [0.1, 0.15) is 24.2 Å². The minimum atomic E-state index is -0.565. The number of aromatic nitrogens is 1. The van der Waals surface area contributed by atoms with Gasteiger partial charge >= 0.3 is 0 Å². The lowest BCUT2D eigenvalue weighted by atomic mass is 9.91. The first-order valence-electron chi connectivity index (χ1n) is 5.64. The number of benzene rings is 1. The van der Waals surface area contributed by atoms with Gasteiger partial charge in [-0.15, -0.1) is 0 Å². The number of fused-ring (bicyclic) bond motifs is 1. The van der Waals surface area contributed by atoms with Crippen LogP contribution >= 0.6 is 0 Å². The summed E-state index contributed by atoms with van der Waals surface area (Å²) in [6, 6.07) is 9.42. The Kier molecular flexibility index (Phi) is 2.94. The fourth-order valence-electron chi connectivity index (χ4n) is 1.75. The highest BCUT2D eigenvalue weighted by molar-refractivity contribution is 6.11. The molecule has 0 aliphatic heterocycles. The van der Waals surface area contributed by atoms with E-state index < -0.39 is 5.54 Å². The molecule has 1 aromatic heterocycles. The average molecular weight is 228 g/mol. The first-order chi connectivity index (χ1) is 8.06. The third-order valence-electron chi connectivity index (χ3n) is 3.08. The van der Waals surface area contributed by atoms with Crippen molar-refractivity contribution in [2.24, 2.45) is 0 Å². The number of rotatable bonds is 3. The number of nitrogens with one attached hydrogen (secondary N) is 1. The maximum absolute atomic E-state index is 12.4. The SMILES string of the molecule is CNC(C)(C)C(=O)c1cccc2ncccc12. The number of carbonyl (C=O) groups excluding carboxylic acids is 1. The van der Waals surface area contributed by atoms with E-state index in [0.29, 0.717) is 0 Å². The Morgan fingerprint density at radius 3 is 2.71 bits per heavy atom. The van der Waals surface area contributed by atoms with Crippen LogP contribution in [-0.2, 0) is 0 Å². The van der Waals surface area contributed by atoms with Gasteiger partial charge in [0.25, 0.3) is 0 Å². The minimum Gasteiger partial charge on any atom is -0.308 e. The molecule has 0 radical (unpaired) electrons. The van der Waals surface area contributed by atoms with Gasteiger partial charge in [-0.1, -0.05) is 18.2 Å². The van der Waals surface area contributed by atoms with E-state index >= 15 is 0 Å². The molecule has 0 aliphatic carbocycles. The molecule has 0 unspecified atom stereocenters. The summed E-state index contributed by atoms with van der Waals surface area (Å²) in [6.45, 7) is 3.76. The number of carbonyl (C=O) groups is 1. The van der Waals surface area contributed by atoms with Crippen LogP contribution in [0.2, 0.25) is 0 Å². The second-order valence-corrected chi connectivity index (χ2v) is 4.58. The number of likely N-dealkylation sites (N-methyl/N-ethyl adjacent to an activating group) is 1. The monoisotopic (exact) mass is 228 g/mol. The lowest BCUT2D eigenvalue weighted by molar-refractivity contribution is 0.0891. The van der Waals surface area contributed by atoms with Crippen LogP contribution in [0.3, 0.4) is 0 Å². The van der Waals surface area contributed by atoms with Gasteiger partial charge in [-0.3, -0.25) is 9.78 Å². The molecule has 0 amide bonds. The Morgan fingerprint density at radius 2 is 2.00 bits per heavy atom. The summed E-state index contributed by atoms with van der Waals surface area (Å²) in [6.07, 6.45) is 1.74. The molecular weight excluding hydrogens is 212 g/mol. The van der Waals surface area contributed by atoms with Crippen LogP contribution in [0, 0.1) is 0 Å². The average Bonchev–Trinajstić information content (AvgIpc) is 2.37. The zero-order valence-electron chi connectivity index (χ0n) is 10.3. The summed E-state index contributed by atoms with van der Waals surface area (Å²) in [4.78, 5) is 16.7. The summed E-state index contributed by atoms with van der Waals surface area (Å²) in [5, 5.41) is 3.94. The number of ketones is 1. The molecular formula is C14H16N2O. The van der Waals surface area contributed by atoms with Crippen molar-refractivity contribution < 1.29 is 4.79 Å². The zero-order chi connectivity index (χ0) is 12.5. The molecule has 0 saturated carbocycles. The highest BCUT2D eigenvalue weighted by Crippen LogP contribution is 2.21. The van der Waals surface area contributed by atoms with E-state index in [2.05, 4.69) is 10.3 Å². The summed E-state index contributed by atoms with van der Waals surface area (Å²) < 4.78 is 0. The Hall–Kier alpha value is -1.74. The van der Waals surface area contributed by atoms with Crippen LogP contribution in [0.5, 0.6) is 0 Å². The van der Waals surface area contributed by atoms with Gasteiger partial charge in [0.1, 0.15) is 0 Å². The van der Waals surface area contributed by atoms with Crippen molar-refractivity contribution in [3.63, 3.8) is 0 Å². The quantitative estimate of drug-likeness (QED) is 0.820. The molecule has 0 bridgehead atoms. The summed E-state index contributed by atoms with van der Waals surface area (Å²) in [5.41, 5.74) is 1.00. The second-order valence-electron chi connectivity index (χ2n) is 4.58. The van der Waals surface area contributed by atoms with E-state index in [4.69, 9.17) is 0 Å². The van der Waals surface area contributed by atoms with Gasteiger partial charge in [0.15, 0.2) is 5.78 Å². The van der Waals surface area contributed by atoms with Crippen molar-refractivity contribution in [1.29, 1.82) is 0 Å². The second kappa shape index (κ2) is 4.26. The lowest BCUT2D eigenvalue weighted by Gasteiger charge is -2.22. The number of hydrogen-bond acceptors (Lipinski definition) is 3. The predicted molar refractivity (Wildman–Crippen MR) is 69.2 cm³/mol. The van der Waals surface area contributed by atoms with E-state index in [1.54, 1.807) is 13.2 Å². The fraction of sp³-hybridized carbons (Fsp3) is 0.286. The molecule has 0 atom stereocenters. The van der Waals surface area contributed by atoms with E-state index in [1.807, 2.05) is 44.2 Å². The lowest BCUT2D eigenvalue weighted by Crippen LogP contribution is -2.44. The normalized spacial score (nSPS) is 11.7. The van der Waals surface area contributed by atoms with Crippen LogP contribution in [0.15, 0.2) is 36.5 Å². The molecule has 1 aromatic carbocycles. The van der Waals surface area contributed by atoms with Gasteiger partial charge in [-0.2, -0.15) is 0 Å². The van der Waals surface area contributed by atoms with Gasteiger partial charge < -0.3 is 5.32 Å². The van der Waals surface area contributed by atoms with E-state index in [9.17, 15) is 4.79 Å². The van der Waals surface area contributed by atoms with Crippen molar-refractivity contribution in [3.05, 3.63) is 42.1 Å². The third kappa shape index (κ3) is 2.06. The summed E-state index contributed by atoms with van der Waals surface area (Å²) in [7, 11) is 1.79. The van der Waals surface area contributed by atoms with Crippen LogP contribution in [0.25, 0.3) is 10.9 Å². The highest BCUT2D eigenvalue weighted by Gasteiger charge is 2.27. The molecule has 1 heterocycles. The molecule has 1 N–H and O–H groups in total. The molecule has 17 heavy (non-hydrogen) atoms. The molecule has 2 rings (SSSR count). The van der Waals surface area contributed by atoms with Crippen molar-refractivity contribution in [2.75, 3.05) is 7.05 Å². The van der Waals surface area contributed by atoms with Crippen LogP contribution in [0.4, 0.5) is 0 Å². The van der Waals surface area contributed by atoms with Gasteiger partial charge in [0.05, 0.1) is 11.1 Å².